The average molecular weight is 582 g/mol. The summed E-state index contributed by atoms with van der Waals surface area (Å²) >= 11 is 6.38. The molecular formula is C27H25ClFN7O5. The van der Waals surface area contributed by atoms with Crippen LogP contribution in [0.4, 0.5) is 16.4 Å². The maximum atomic E-state index is 14.0. The van der Waals surface area contributed by atoms with E-state index < -0.39 is 30.4 Å². The fraction of sp³-hybridized carbons (Fsp3) is 0.259. The first-order valence-electron chi connectivity index (χ1n) is 12.5. The van der Waals surface area contributed by atoms with Crippen molar-refractivity contribution in [2.24, 2.45) is 0 Å². The highest BCUT2D eigenvalue weighted by Crippen LogP contribution is 2.32. The number of benzene rings is 2. The van der Waals surface area contributed by atoms with Crippen molar-refractivity contribution >= 4 is 35.4 Å². The number of aromatic nitrogens is 4. The van der Waals surface area contributed by atoms with Crippen molar-refractivity contribution in [1.82, 2.24) is 30.3 Å². The Hall–Kier alpha value is -4.62. The SMILES string of the molecule is COc1cc(F)cc(C(CO)NC(=O)C(C)N2Cc3ccc(-c4nc(Nc5nc(C)no5)ncc4Cl)cc3C2=O)c1. The molecule has 0 spiro atoms. The quantitative estimate of drug-likeness (QED) is 0.267. The van der Waals surface area contributed by atoms with Crippen LogP contribution in [0.3, 0.4) is 0 Å². The van der Waals surface area contributed by atoms with Crippen LogP contribution in [0.2, 0.25) is 5.02 Å². The number of aryl methyl sites for hydroxylation is 1. The highest BCUT2D eigenvalue weighted by molar-refractivity contribution is 6.33. The molecule has 0 radical (unpaired) electrons. The highest BCUT2D eigenvalue weighted by atomic mass is 35.5. The lowest BCUT2D eigenvalue weighted by atomic mass is 10.0. The molecule has 0 saturated carbocycles. The zero-order valence-corrected chi connectivity index (χ0v) is 22.9. The van der Waals surface area contributed by atoms with Gasteiger partial charge in [-0.25, -0.2) is 14.4 Å². The van der Waals surface area contributed by atoms with Crippen LogP contribution in [-0.2, 0) is 11.3 Å². The van der Waals surface area contributed by atoms with Gasteiger partial charge in [0.2, 0.25) is 11.9 Å². The zero-order chi connectivity index (χ0) is 29.3. The van der Waals surface area contributed by atoms with Crippen molar-refractivity contribution < 1.29 is 28.3 Å². The van der Waals surface area contributed by atoms with E-state index in [-0.39, 0.29) is 35.2 Å². The number of rotatable bonds is 9. The van der Waals surface area contributed by atoms with Crippen LogP contribution in [0, 0.1) is 12.7 Å². The van der Waals surface area contributed by atoms with Gasteiger partial charge in [-0.1, -0.05) is 28.9 Å². The highest BCUT2D eigenvalue weighted by Gasteiger charge is 2.35. The molecule has 2 atom stereocenters. The summed E-state index contributed by atoms with van der Waals surface area (Å²) in [5.41, 5.74) is 2.38. The number of amides is 2. The fourth-order valence-electron chi connectivity index (χ4n) is 4.43. The molecule has 5 rings (SSSR count). The minimum absolute atomic E-state index is 0.114. The molecule has 2 aromatic heterocycles. The Morgan fingerprint density at radius 1 is 1.27 bits per heavy atom. The Balaban J connectivity index is 1.33. The summed E-state index contributed by atoms with van der Waals surface area (Å²) < 4.78 is 24.1. The lowest BCUT2D eigenvalue weighted by Crippen LogP contribution is -2.46. The number of carbonyl (C=O) groups excluding carboxylic acids is 2. The molecule has 1 aliphatic heterocycles. The number of hydrogen-bond acceptors (Lipinski definition) is 10. The van der Waals surface area contributed by atoms with Crippen LogP contribution in [0.25, 0.3) is 11.3 Å². The Kier molecular flexibility index (Phi) is 7.81. The van der Waals surface area contributed by atoms with Crippen LogP contribution in [0.5, 0.6) is 5.75 Å². The Bertz CT molecular complexity index is 1630. The third-order valence-corrected chi connectivity index (χ3v) is 6.86. The molecule has 41 heavy (non-hydrogen) atoms. The molecule has 0 bridgehead atoms. The largest absolute Gasteiger partial charge is 0.497 e. The molecular weight excluding hydrogens is 557 g/mol. The standard InChI is InChI=1S/C27H25ClFN7O5/c1-13(24(38)32-22(12-37)17-6-18(29)9-19(7-17)40-3)36-11-16-5-4-15(8-20(16)25(36)39)23-21(28)10-30-26(33-23)34-27-31-14(2)35-41-27/h4-10,13,22,37H,11-12H2,1-3H3,(H,32,38)(H,30,31,33,34,35). The second-order valence-electron chi connectivity index (χ2n) is 9.31. The number of fused-ring (bicyclic) bond motifs is 1. The van der Waals surface area contributed by atoms with Crippen LogP contribution in [0.15, 0.2) is 47.1 Å². The van der Waals surface area contributed by atoms with Gasteiger partial charge in [-0.05, 0) is 43.2 Å². The summed E-state index contributed by atoms with van der Waals surface area (Å²) in [7, 11) is 1.39. The third-order valence-electron chi connectivity index (χ3n) is 6.58. The summed E-state index contributed by atoms with van der Waals surface area (Å²) in [6.45, 7) is 2.97. The Labute approximate surface area is 238 Å². The predicted molar refractivity (Wildman–Crippen MR) is 145 cm³/mol. The number of anilines is 2. The number of ether oxygens (including phenoxy) is 1. The number of aliphatic hydroxyl groups is 1. The van der Waals surface area contributed by atoms with E-state index >= 15 is 0 Å². The van der Waals surface area contributed by atoms with Gasteiger partial charge in [0.1, 0.15) is 17.6 Å². The minimum Gasteiger partial charge on any atom is -0.497 e. The van der Waals surface area contributed by atoms with E-state index in [2.05, 4.69) is 30.7 Å². The van der Waals surface area contributed by atoms with Crippen LogP contribution < -0.4 is 15.4 Å². The van der Waals surface area contributed by atoms with Gasteiger partial charge in [0, 0.05) is 23.7 Å². The van der Waals surface area contributed by atoms with Crippen molar-refractivity contribution in [2.45, 2.75) is 32.5 Å². The van der Waals surface area contributed by atoms with Gasteiger partial charge >= 0.3 is 6.01 Å². The van der Waals surface area contributed by atoms with Gasteiger partial charge in [0.25, 0.3) is 5.91 Å². The molecule has 0 saturated heterocycles. The van der Waals surface area contributed by atoms with E-state index in [9.17, 15) is 19.1 Å². The van der Waals surface area contributed by atoms with Crippen LogP contribution in [0.1, 0.15) is 40.3 Å². The second kappa shape index (κ2) is 11.5. The number of hydrogen-bond donors (Lipinski definition) is 3. The summed E-state index contributed by atoms with van der Waals surface area (Å²) in [6, 6.07) is 7.44. The number of halogens is 2. The first-order valence-corrected chi connectivity index (χ1v) is 12.8. The van der Waals surface area contributed by atoms with E-state index in [1.807, 2.05) is 0 Å². The normalized spacial score (nSPS) is 14.0. The molecule has 2 amide bonds. The smallest absolute Gasteiger partial charge is 0.328 e. The lowest BCUT2D eigenvalue weighted by molar-refractivity contribution is -0.126. The summed E-state index contributed by atoms with van der Waals surface area (Å²) in [5.74, 6) is -0.592. The number of aliphatic hydroxyl groups excluding tert-OH is 1. The van der Waals surface area contributed by atoms with E-state index in [1.165, 1.54) is 36.4 Å². The molecule has 2 unspecified atom stereocenters. The number of carbonyl (C=O) groups is 2. The molecule has 3 N–H and O–H groups in total. The van der Waals surface area contributed by atoms with Gasteiger partial charge in [-0.3, -0.25) is 14.9 Å². The van der Waals surface area contributed by atoms with E-state index in [0.29, 0.717) is 28.2 Å². The van der Waals surface area contributed by atoms with Crippen LogP contribution >= 0.6 is 11.6 Å². The topological polar surface area (TPSA) is 156 Å². The Morgan fingerprint density at radius 3 is 2.78 bits per heavy atom. The van der Waals surface area contributed by atoms with Gasteiger partial charge in [0.05, 0.1) is 36.7 Å². The van der Waals surface area contributed by atoms with Crippen molar-refractivity contribution in [3.05, 3.63) is 75.9 Å². The van der Waals surface area contributed by atoms with Gasteiger partial charge in [-0.15, -0.1) is 0 Å². The molecule has 1 aliphatic rings. The molecule has 4 aromatic rings. The summed E-state index contributed by atoms with van der Waals surface area (Å²) in [4.78, 5) is 40.6. The Morgan fingerprint density at radius 2 is 2.07 bits per heavy atom. The number of nitrogens with zero attached hydrogens (tertiary/aromatic N) is 5. The predicted octanol–water partition coefficient (Wildman–Crippen LogP) is 3.57. The molecule has 3 heterocycles. The monoisotopic (exact) mass is 581 g/mol. The zero-order valence-electron chi connectivity index (χ0n) is 22.2. The van der Waals surface area contributed by atoms with Crippen molar-refractivity contribution in [2.75, 3.05) is 19.0 Å². The van der Waals surface area contributed by atoms with E-state index in [4.69, 9.17) is 20.9 Å². The van der Waals surface area contributed by atoms with E-state index in [0.717, 1.165) is 5.56 Å². The average Bonchev–Trinajstić information content (AvgIpc) is 3.53. The summed E-state index contributed by atoms with van der Waals surface area (Å²) in [5, 5.41) is 19.4. The number of methoxy groups -OCH3 is 1. The first-order chi connectivity index (χ1) is 19.7. The van der Waals surface area contributed by atoms with Gasteiger partial charge in [0.15, 0.2) is 5.82 Å². The molecule has 12 nitrogen and oxygen atoms in total. The fourth-order valence-corrected chi connectivity index (χ4v) is 4.63. The maximum Gasteiger partial charge on any atom is 0.328 e. The minimum atomic E-state index is -0.903. The molecule has 0 fully saturated rings. The molecule has 0 aliphatic carbocycles. The molecule has 2 aromatic carbocycles. The number of nitrogens with one attached hydrogen (secondary N) is 2. The van der Waals surface area contributed by atoms with Gasteiger partial charge < -0.3 is 24.6 Å². The molecule has 14 heteroatoms. The molecule has 212 valence electrons. The second-order valence-corrected chi connectivity index (χ2v) is 9.72. The van der Waals surface area contributed by atoms with Crippen molar-refractivity contribution in [1.29, 1.82) is 0 Å². The van der Waals surface area contributed by atoms with Crippen LogP contribution in [-0.4, -0.2) is 61.7 Å². The first kappa shape index (κ1) is 27.9. The summed E-state index contributed by atoms with van der Waals surface area (Å²) in [6.07, 6.45) is 1.41. The van der Waals surface area contributed by atoms with Crippen molar-refractivity contribution in [3.8, 4) is 17.0 Å². The lowest BCUT2D eigenvalue weighted by Gasteiger charge is -2.26. The maximum absolute atomic E-state index is 14.0. The van der Waals surface area contributed by atoms with E-state index in [1.54, 1.807) is 32.0 Å². The third kappa shape index (κ3) is 5.81. The van der Waals surface area contributed by atoms with Crippen molar-refractivity contribution in [3.63, 3.8) is 0 Å². The van der Waals surface area contributed by atoms with Gasteiger partial charge in [-0.2, -0.15) is 4.98 Å².